The molecule has 0 radical (unpaired) electrons. The van der Waals surface area contributed by atoms with E-state index in [0.717, 1.165) is 28.4 Å². The summed E-state index contributed by atoms with van der Waals surface area (Å²) in [5, 5.41) is 3.41. The number of benzene rings is 1. The minimum absolute atomic E-state index is 0.119. The summed E-state index contributed by atoms with van der Waals surface area (Å²) in [4.78, 5) is 0. The SMILES string of the molecule is CNC(c1cc(Br)c(C)cc1Br)C1(C)CCCO1. The molecule has 1 aliphatic rings. The molecule has 0 aliphatic carbocycles. The highest BCUT2D eigenvalue weighted by molar-refractivity contribution is 9.11. The molecule has 2 rings (SSSR count). The minimum atomic E-state index is -0.119. The average Bonchev–Trinajstić information content (AvgIpc) is 2.74. The van der Waals surface area contributed by atoms with Crippen LogP contribution in [0.15, 0.2) is 21.1 Å². The molecule has 4 heteroatoms. The maximum Gasteiger partial charge on any atom is 0.0849 e. The van der Waals surface area contributed by atoms with E-state index in [-0.39, 0.29) is 11.6 Å². The molecule has 1 aromatic carbocycles. The normalized spacial score (nSPS) is 25.4. The summed E-state index contributed by atoms with van der Waals surface area (Å²) in [7, 11) is 2.00. The first kappa shape index (κ1) is 14.5. The third kappa shape index (κ3) is 2.67. The van der Waals surface area contributed by atoms with E-state index in [9.17, 15) is 0 Å². The molecule has 0 bridgehead atoms. The van der Waals surface area contributed by atoms with Crippen LogP contribution in [0.3, 0.4) is 0 Å². The molecular weight excluding hydrogens is 358 g/mol. The van der Waals surface area contributed by atoms with Gasteiger partial charge in [-0.1, -0.05) is 31.9 Å². The number of hydrogen-bond donors (Lipinski definition) is 1. The van der Waals surface area contributed by atoms with Crippen molar-refractivity contribution in [3.05, 3.63) is 32.2 Å². The van der Waals surface area contributed by atoms with Crippen molar-refractivity contribution >= 4 is 31.9 Å². The van der Waals surface area contributed by atoms with Crippen molar-refractivity contribution in [2.45, 2.75) is 38.3 Å². The lowest BCUT2D eigenvalue weighted by Gasteiger charge is -2.34. The predicted octanol–water partition coefficient (Wildman–Crippen LogP) is 4.35. The number of nitrogens with one attached hydrogen (secondary N) is 1. The van der Waals surface area contributed by atoms with Gasteiger partial charge in [0.25, 0.3) is 0 Å². The Morgan fingerprint density at radius 3 is 2.61 bits per heavy atom. The van der Waals surface area contributed by atoms with Gasteiger partial charge in [0.05, 0.1) is 11.6 Å². The van der Waals surface area contributed by atoms with Crippen LogP contribution in [0.4, 0.5) is 0 Å². The van der Waals surface area contributed by atoms with Gasteiger partial charge in [-0.15, -0.1) is 0 Å². The molecule has 2 unspecified atom stereocenters. The Bertz CT molecular complexity index is 442. The summed E-state index contributed by atoms with van der Waals surface area (Å²) in [6.45, 7) is 5.15. The standard InChI is InChI=1S/C14H19Br2NO/c1-9-7-12(16)10(8-11(9)15)13(17-3)14(2)5-4-6-18-14/h7-8,13,17H,4-6H2,1-3H3. The zero-order chi connectivity index (χ0) is 13.3. The molecule has 1 N–H and O–H groups in total. The number of rotatable bonds is 3. The van der Waals surface area contributed by atoms with Crippen molar-refractivity contribution in [1.29, 1.82) is 0 Å². The van der Waals surface area contributed by atoms with Crippen molar-refractivity contribution in [2.75, 3.05) is 13.7 Å². The lowest BCUT2D eigenvalue weighted by Crippen LogP contribution is -2.39. The molecule has 1 heterocycles. The van der Waals surface area contributed by atoms with E-state index in [1.165, 1.54) is 11.1 Å². The highest BCUT2D eigenvalue weighted by atomic mass is 79.9. The molecule has 0 spiro atoms. The Morgan fingerprint density at radius 1 is 1.33 bits per heavy atom. The monoisotopic (exact) mass is 375 g/mol. The third-order valence-corrected chi connectivity index (χ3v) is 5.28. The quantitative estimate of drug-likeness (QED) is 0.846. The zero-order valence-electron chi connectivity index (χ0n) is 11.0. The molecule has 1 fully saturated rings. The smallest absolute Gasteiger partial charge is 0.0849 e. The number of aryl methyl sites for hydroxylation is 1. The molecule has 0 amide bonds. The Kier molecular flexibility index (Phi) is 4.52. The molecule has 18 heavy (non-hydrogen) atoms. The van der Waals surface area contributed by atoms with Gasteiger partial charge in [0.2, 0.25) is 0 Å². The number of ether oxygens (including phenoxy) is 1. The van der Waals surface area contributed by atoms with Gasteiger partial charge < -0.3 is 10.1 Å². The first-order valence-electron chi connectivity index (χ1n) is 6.25. The van der Waals surface area contributed by atoms with Crippen LogP contribution < -0.4 is 5.32 Å². The van der Waals surface area contributed by atoms with E-state index in [2.05, 4.69) is 63.2 Å². The van der Waals surface area contributed by atoms with Gasteiger partial charge >= 0.3 is 0 Å². The van der Waals surface area contributed by atoms with Crippen LogP contribution in [0.1, 0.15) is 36.9 Å². The molecule has 2 atom stereocenters. The predicted molar refractivity (Wildman–Crippen MR) is 82.0 cm³/mol. The summed E-state index contributed by atoms with van der Waals surface area (Å²) in [5.74, 6) is 0. The molecule has 1 saturated heterocycles. The zero-order valence-corrected chi connectivity index (χ0v) is 14.2. The van der Waals surface area contributed by atoms with E-state index in [0.29, 0.717) is 0 Å². The second-order valence-electron chi connectivity index (χ2n) is 5.11. The topological polar surface area (TPSA) is 21.3 Å². The van der Waals surface area contributed by atoms with Crippen LogP contribution in [0.2, 0.25) is 0 Å². The molecule has 1 aromatic rings. The third-order valence-electron chi connectivity index (χ3n) is 3.74. The second-order valence-corrected chi connectivity index (χ2v) is 6.82. The average molecular weight is 377 g/mol. The Balaban J connectivity index is 2.41. The number of halogens is 2. The van der Waals surface area contributed by atoms with Gasteiger partial charge in [0.15, 0.2) is 0 Å². The summed E-state index contributed by atoms with van der Waals surface area (Å²) in [5.41, 5.74) is 2.36. The van der Waals surface area contributed by atoms with Gasteiger partial charge in [-0.05, 0) is 57.0 Å². The maximum atomic E-state index is 5.97. The van der Waals surface area contributed by atoms with Crippen LogP contribution in [0.25, 0.3) is 0 Å². The van der Waals surface area contributed by atoms with Crippen LogP contribution >= 0.6 is 31.9 Å². The van der Waals surface area contributed by atoms with E-state index in [1.807, 2.05) is 7.05 Å². The van der Waals surface area contributed by atoms with Gasteiger partial charge in [0, 0.05) is 15.6 Å². The Labute approximate surface area is 126 Å². The van der Waals surface area contributed by atoms with Crippen LogP contribution in [0, 0.1) is 6.92 Å². The largest absolute Gasteiger partial charge is 0.373 e. The van der Waals surface area contributed by atoms with E-state index >= 15 is 0 Å². The fraction of sp³-hybridized carbons (Fsp3) is 0.571. The van der Waals surface area contributed by atoms with E-state index in [4.69, 9.17) is 4.74 Å². The summed E-state index contributed by atoms with van der Waals surface area (Å²) in [6.07, 6.45) is 2.23. The fourth-order valence-corrected chi connectivity index (χ4v) is 3.75. The van der Waals surface area contributed by atoms with Crippen molar-refractivity contribution in [3.8, 4) is 0 Å². The molecule has 0 saturated carbocycles. The van der Waals surface area contributed by atoms with Crippen molar-refractivity contribution in [2.24, 2.45) is 0 Å². The summed E-state index contributed by atoms with van der Waals surface area (Å²) in [6, 6.07) is 4.54. The lowest BCUT2D eigenvalue weighted by atomic mass is 9.87. The van der Waals surface area contributed by atoms with Crippen molar-refractivity contribution in [1.82, 2.24) is 5.32 Å². The van der Waals surface area contributed by atoms with Crippen molar-refractivity contribution in [3.63, 3.8) is 0 Å². The fourth-order valence-electron chi connectivity index (χ4n) is 2.70. The second kappa shape index (κ2) is 5.61. The summed E-state index contributed by atoms with van der Waals surface area (Å²) < 4.78 is 8.25. The molecular formula is C14H19Br2NO. The van der Waals surface area contributed by atoms with Crippen LogP contribution in [0.5, 0.6) is 0 Å². The number of likely N-dealkylation sites (N-methyl/N-ethyl adjacent to an activating group) is 1. The molecule has 1 aliphatic heterocycles. The summed E-state index contributed by atoms with van der Waals surface area (Å²) >= 11 is 7.29. The first-order chi connectivity index (χ1) is 8.48. The molecule has 0 aromatic heterocycles. The van der Waals surface area contributed by atoms with E-state index in [1.54, 1.807) is 0 Å². The highest BCUT2D eigenvalue weighted by Gasteiger charge is 2.39. The van der Waals surface area contributed by atoms with Crippen LogP contribution in [-0.2, 0) is 4.74 Å². The van der Waals surface area contributed by atoms with Gasteiger partial charge in [-0.25, -0.2) is 0 Å². The van der Waals surface area contributed by atoms with Gasteiger partial charge in [-0.3, -0.25) is 0 Å². The highest BCUT2D eigenvalue weighted by Crippen LogP contribution is 2.41. The van der Waals surface area contributed by atoms with Gasteiger partial charge in [-0.2, -0.15) is 0 Å². The van der Waals surface area contributed by atoms with E-state index < -0.39 is 0 Å². The van der Waals surface area contributed by atoms with Gasteiger partial charge in [0.1, 0.15) is 0 Å². The Hall–Kier alpha value is 0.1000. The lowest BCUT2D eigenvalue weighted by molar-refractivity contribution is -0.0106. The maximum absolute atomic E-state index is 5.97. The minimum Gasteiger partial charge on any atom is -0.373 e. The Morgan fingerprint density at radius 2 is 2.06 bits per heavy atom. The van der Waals surface area contributed by atoms with Crippen LogP contribution in [-0.4, -0.2) is 19.3 Å². The molecule has 2 nitrogen and oxygen atoms in total. The first-order valence-corrected chi connectivity index (χ1v) is 7.83. The number of hydrogen-bond acceptors (Lipinski definition) is 2. The van der Waals surface area contributed by atoms with Crippen molar-refractivity contribution < 1.29 is 4.74 Å². The molecule has 100 valence electrons.